The van der Waals surface area contributed by atoms with E-state index in [1.807, 2.05) is 24.3 Å². The summed E-state index contributed by atoms with van der Waals surface area (Å²) in [4.78, 5) is 0. The van der Waals surface area contributed by atoms with Gasteiger partial charge >= 0.3 is 0 Å². The van der Waals surface area contributed by atoms with Crippen LogP contribution in [0.3, 0.4) is 0 Å². The van der Waals surface area contributed by atoms with Crippen molar-refractivity contribution in [2.24, 2.45) is 5.73 Å². The third-order valence-electron chi connectivity index (χ3n) is 2.19. The van der Waals surface area contributed by atoms with E-state index in [0.717, 1.165) is 27.6 Å². The monoisotopic (exact) mass is 193 g/mol. The van der Waals surface area contributed by atoms with E-state index in [1.165, 1.54) is 0 Å². The van der Waals surface area contributed by atoms with Crippen LogP contribution in [-0.2, 0) is 6.42 Å². The van der Waals surface area contributed by atoms with Crippen LogP contribution in [0.2, 0.25) is 0 Å². The molecule has 0 unspecified atom stereocenters. The predicted octanol–water partition coefficient (Wildman–Crippen LogP) is 1.54. The van der Waals surface area contributed by atoms with Crippen LogP contribution in [0, 0.1) is 0 Å². The van der Waals surface area contributed by atoms with Gasteiger partial charge in [0.2, 0.25) is 0 Å². The first-order valence-electron chi connectivity index (χ1n) is 4.31. The second-order valence-electron chi connectivity index (χ2n) is 3.05. The highest BCUT2D eigenvalue weighted by molar-refractivity contribution is 5.83. The molecule has 76 valence electrons. The molecule has 0 aliphatic heterocycles. The number of hydrogen-bond donors (Lipinski definition) is 3. The Morgan fingerprint density at radius 3 is 2.71 bits per heavy atom. The molecular weight excluding hydrogens is 178 g/mol. The standard InChI is InChI=1S/C10H12N2O.H3N/c11-6-5-8-7-12(13)10-4-2-1-3-9(8)10;/h1-4,7,13H,5-6,11H2;1H3. The Labute approximate surface area is 82.5 Å². The maximum absolute atomic E-state index is 9.49. The fourth-order valence-corrected chi connectivity index (χ4v) is 1.59. The second-order valence-corrected chi connectivity index (χ2v) is 3.05. The van der Waals surface area contributed by atoms with Gasteiger partial charge in [0.1, 0.15) is 0 Å². The predicted molar refractivity (Wildman–Crippen MR) is 56.9 cm³/mol. The molecule has 0 saturated carbocycles. The van der Waals surface area contributed by atoms with Gasteiger partial charge in [0, 0.05) is 11.6 Å². The number of aromatic nitrogens is 1. The molecule has 0 fully saturated rings. The van der Waals surface area contributed by atoms with E-state index >= 15 is 0 Å². The van der Waals surface area contributed by atoms with Crippen LogP contribution in [0.1, 0.15) is 5.56 Å². The summed E-state index contributed by atoms with van der Waals surface area (Å²) in [5, 5.41) is 10.6. The van der Waals surface area contributed by atoms with Gasteiger partial charge < -0.3 is 17.1 Å². The van der Waals surface area contributed by atoms with Crippen molar-refractivity contribution in [3.05, 3.63) is 36.0 Å². The number of benzene rings is 1. The van der Waals surface area contributed by atoms with Gasteiger partial charge in [-0.05, 0) is 24.6 Å². The Morgan fingerprint density at radius 2 is 2.00 bits per heavy atom. The highest BCUT2D eigenvalue weighted by Crippen LogP contribution is 2.19. The van der Waals surface area contributed by atoms with E-state index in [9.17, 15) is 5.21 Å². The molecule has 1 aromatic carbocycles. The van der Waals surface area contributed by atoms with E-state index in [0.29, 0.717) is 6.54 Å². The van der Waals surface area contributed by atoms with Crippen LogP contribution in [0.15, 0.2) is 30.5 Å². The van der Waals surface area contributed by atoms with E-state index < -0.39 is 0 Å². The lowest BCUT2D eigenvalue weighted by Gasteiger charge is -1.93. The molecule has 0 atom stereocenters. The third kappa shape index (κ3) is 1.57. The molecule has 1 aromatic heterocycles. The smallest absolute Gasteiger partial charge is 0.0868 e. The highest BCUT2D eigenvalue weighted by Gasteiger charge is 2.05. The summed E-state index contributed by atoms with van der Waals surface area (Å²) in [6.45, 7) is 0.605. The molecule has 2 aromatic rings. The van der Waals surface area contributed by atoms with Crippen molar-refractivity contribution >= 4 is 10.9 Å². The van der Waals surface area contributed by atoms with Crippen LogP contribution in [-0.4, -0.2) is 16.5 Å². The number of hydrogen-bond acceptors (Lipinski definition) is 3. The third-order valence-corrected chi connectivity index (χ3v) is 2.19. The van der Waals surface area contributed by atoms with Gasteiger partial charge in [-0.2, -0.15) is 4.73 Å². The van der Waals surface area contributed by atoms with E-state index in [-0.39, 0.29) is 6.15 Å². The van der Waals surface area contributed by atoms with Crippen molar-refractivity contribution in [3.63, 3.8) is 0 Å². The van der Waals surface area contributed by atoms with Crippen molar-refractivity contribution in [2.45, 2.75) is 6.42 Å². The molecule has 0 saturated heterocycles. The fourth-order valence-electron chi connectivity index (χ4n) is 1.59. The fraction of sp³-hybridized carbons (Fsp3) is 0.200. The van der Waals surface area contributed by atoms with Crippen molar-refractivity contribution in [3.8, 4) is 0 Å². The number of fused-ring (bicyclic) bond motifs is 1. The first-order chi connectivity index (χ1) is 6.33. The first-order valence-corrected chi connectivity index (χ1v) is 4.31. The average molecular weight is 193 g/mol. The lowest BCUT2D eigenvalue weighted by atomic mass is 10.1. The average Bonchev–Trinajstić information content (AvgIpc) is 2.46. The minimum absolute atomic E-state index is 0. The number of para-hydroxylation sites is 1. The topological polar surface area (TPSA) is 86.2 Å². The largest absolute Gasteiger partial charge is 0.428 e. The minimum atomic E-state index is 0. The molecule has 2 rings (SSSR count). The van der Waals surface area contributed by atoms with Gasteiger partial charge in [0.15, 0.2) is 0 Å². The van der Waals surface area contributed by atoms with Gasteiger partial charge in [-0.15, -0.1) is 0 Å². The Hall–Kier alpha value is -1.52. The van der Waals surface area contributed by atoms with Gasteiger partial charge in [0.25, 0.3) is 0 Å². The maximum Gasteiger partial charge on any atom is 0.0868 e. The zero-order chi connectivity index (χ0) is 9.26. The SMILES string of the molecule is N.NCCc1cn(O)c2ccccc12. The van der Waals surface area contributed by atoms with Crippen molar-refractivity contribution in [1.82, 2.24) is 10.9 Å². The molecular formula is C10H15N3O. The highest BCUT2D eigenvalue weighted by atomic mass is 16.5. The zero-order valence-corrected chi connectivity index (χ0v) is 7.98. The summed E-state index contributed by atoms with van der Waals surface area (Å²) in [6, 6.07) is 7.74. The molecule has 0 radical (unpaired) electrons. The minimum Gasteiger partial charge on any atom is -0.428 e. The second kappa shape index (κ2) is 4.13. The Morgan fingerprint density at radius 1 is 1.29 bits per heavy atom. The number of nitrogens with zero attached hydrogens (tertiary/aromatic N) is 1. The molecule has 0 bridgehead atoms. The Kier molecular flexibility index (Phi) is 3.11. The molecule has 14 heavy (non-hydrogen) atoms. The van der Waals surface area contributed by atoms with E-state index in [1.54, 1.807) is 6.20 Å². The summed E-state index contributed by atoms with van der Waals surface area (Å²) in [5.74, 6) is 0. The molecule has 4 heteroatoms. The summed E-state index contributed by atoms with van der Waals surface area (Å²) < 4.78 is 1.15. The number of rotatable bonds is 2. The van der Waals surface area contributed by atoms with Gasteiger partial charge in [0.05, 0.1) is 5.52 Å². The lowest BCUT2D eigenvalue weighted by molar-refractivity contribution is 0.199. The maximum atomic E-state index is 9.49. The van der Waals surface area contributed by atoms with Crippen molar-refractivity contribution in [1.29, 1.82) is 0 Å². The molecule has 6 N–H and O–H groups in total. The first kappa shape index (κ1) is 10.6. The van der Waals surface area contributed by atoms with Crippen molar-refractivity contribution in [2.75, 3.05) is 6.54 Å². The van der Waals surface area contributed by atoms with Crippen LogP contribution < -0.4 is 11.9 Å². The lowest BCUT2D eigenvalue weighted by Crippen LogP contribution is -2.01. The summed E-state index contributed by atoms with van der Waals surface area (Å²) >= 11 is 0. The molecule has 1 heterocycles. The molecule has 0 amide bonds. The summed E-state index contributed by atoms with van der Waals surface area (Å²) in [7, 11) is 0. The van der Waals surface area contributed by atoms with E-state index in [4.69, 9.17) is 5.73 Å². The summed E-state index contributed by atoms with van der Waals surface area (Å²) in [5.41, 5.74) is 7.41. The quantitative estimate of drug-likeness (QED) is 0.632. The van der Waals surface area contributed by atoms with Gasteiger partial charge in [-0.25, -0.2) is 0 Å². The van der Waals surface area contributed by atoms with Crippen LogP contribution in [0.5, 0.6) is 0 Å². The van der Waals surface area contributed by atoms with Crippen molar-refractivity contribution < 1.29 is 5.21 Å². The van der Waals surface area contributed by atoms with Gasteiger partial charge in [-0.3, -0.25) is 0 Å². The van der Waals surface area contributed by atoms with Crippen LogP contribution in [0.25, 0.3) is 10.9 Å². The Balaban J connectivity index is 0.000000980. The van der Waals surface area contributed by atoms with Crippen LogP contribution in [0.4, 0.5) is 0 Å². The Bertz CT molecular complexity index is 422. The van der Waals surface area contributed by atoms with E-state index in [2.05, 4.69) is 0 Å². The molecule has 0 aliphatic rings. The normalized spacial score (nSPS) is 10.1. The van der Waals surface area contributed by atoms with Gasteiger partial charge in [-0.1, -0.05) is 18.2 Å². The number of nitrogens with two attached hydrogens (primary N) is 1. The summed E-state index contributed by atoms with van der Waals surface area (Å²) in [6.07, 6.45) is 2.52. The van der Waals surface area contributed by atoms with Crippen LogP contribution >= 0.6 is 0 Å². The zero-order valence-electron chi connectivity index (χ0n) is 7.98. The molecule has 0 spiro atoms. The molecule has 0 aliphatic carbocycles. The molecule has 4 nitrogen and oxygen atoms in total.